The smallest absolute Gasteiger partial charge is 0.336 e. The molecule has 0 radical (unpaired) electrons. The number of carbonyl (C=O) groups is 2. The lowest BCUT2D eigenvalue weighted by Gasteiger charge is -2.17. The second kappa shape index (κ2) is 4.02. The number of aliphatic carboxylic acids is 1. The van der Waals surface area contributed by atoms with Crippen molar-refractivity contribution in [2.75, 3.05) is 0 Å². The molecule has 0 saturated heterocycles. The van der Waals surface area contributed by atoms with Crippen LogP contribution in [0.15, 0.2) is 29.2 Å². The fourth-order valence-corrected chi connectivity index (χ4v) is 2.54. The van der Waals surface area contributed by atoms with Crippen LogP contribution in [0.2, 0.25) is 0 Å². The molecule has 0 amide bonds. The van der Waals surface area contributed by atoms with Gasteiger partial charge in [0.15, 0.2) is 0 Å². The van der Waals surface area contributed by atoms with Crippen LogP contribution < -0.4 is 0 Å². The first-order valence-electron chi connectivity index (χ1n) is 4.53. The monoisotopic (exact) mass is 236 g/mol. The standard InChI is InChI=1S/C11H8O4S/c12-10(13)7-3-1-2-6-4-5-8(11(14)15)16-9(6)7/h1-5,8H,(H,12,13)(H,14,15). The number of carboxylic acids is 2. The number of fused-ring (bicyclic) bond motifs is 1. The summed E-state index contributed by atoms with van der Waals surface area (Å²) in [6, 6.07) is 4.89. The van der Waals surface area contributed by atoms with Crippen LogP contribution in [0.3, 0.4) is 0 Å². The molecule has 1 heterocycles. The first-order valence-corrected chi connectivity index (χ1v) is 5.41. The minimum absolute atomic E-state index is 0.151. The number of hydrogen-bond donors (Lipinski definition) is 2. The first-order chi connectivity index (χ1) is 7.59. The number of carboxylic acid groups (broad SMARTS) is 2. The summed E-state index contributed by atoms with van der Waals surface area (Å²) in [6.45, 7) is 0. The fourth-order valence-electron chi connectivity index (χ4n) is 1.48. The SMILES string of the molecule is O=C(O)c1cccc2c1SC(C(=O)O)C=C2. The van der Waals surface area contributed by atoms with Gasteiger partial charge in [0.05, 0.1) is 5.56 Å². The van der Waals surface area contributed by atoms with E-state index < -0.39 is 17.2 Å². The van der Waals surface area contributed by atoms with Gasteiger partial charge in [-0.2, -0.15) is 0 Å². The lowest BCUT2D eigenvalue weighted by molar-refractivity contribution is -0.135. The zero-order chi connectivity index (χ0) is 11.7. The van der Waals surface area contributed by atoms with E-state index in [-0.39, 0.29) is 5.56 Å². The highest BCUT2D eigenvalue weighted by atomic mass is 32.2. The molecule has 0 aromatic heterocycles. The van der Waals surface area contributed by atoms with Crippen LogP contribution in [-0.2, 0) is 4.79 Å². The highest BCUT2D eigenvalue weighted by Crippen LogP contribution is 2.36. The molecular weight excluding hydrogens is 228 g/mol. The van der Waals surface area contributed by atoms with E-state index in [0.717, 1.165) is 17.3 Å². The summed E-state index contributed by atoms with van der Waals surface area (Å²) in [6.07, 6.45) is 3.21. The van der Waals surface area contributed by atoms with Crippen molar-refractivity contribution in [3.63, 3.8) is 0 Å². The molecule has 2 N–H and O–H groups in total. The third-order valence-electron chi connectivity index (χ3n) is 2.21. The Morgan fingerprint density at radius 3 is 2.62 bits per heavy atom. The van der Waals surface area contributed by atoms with Crippen molar-refractivity contribution in [3.8, 4) is 0 Å². The van der Waals surface area contributed by atoms with Crippen molar-refractivity contribution in [1.29, 1.82) is 0 Å². The van der Waals surface area contributed by atoms with E-state index >= 15 is 0 Å². The number of thioether (sulfide) groups is 1. The largest absolute Gasteiger partial charge is 0.480 e. The van der Waals surface area contributed by atoms with Gasteiger partial charge in [0.25, 0.3) is 0 Å². The average Bonchev–Trinajstić information content (AvgIpc) is 2.27. The van der Waals surface area contributed by atoms with Gasteiger partial charge in [-0.05, 0) is 11.6 Å². The Morgan fingerprint density at radius 1 is 1.25 bits per heavy atom. The molecule has 5 heteroatoms. The number of hydrogen-bond acceptors (Lipinski definition) is 3. The topological polar surface area (TPSA) is 74.6 Å². The van der Waals surface area contributed by atoms with Crippen molar-refractivity contribution in [3.05, 3.63) is 35.4 Å². The average molecular weight is 236 g/mol. The first kappa shape index (κ1) is 10.8. The van der Waals surface area contributed by atoms with Crippen molar-refractivity contribution >= 4 is 29.8 Å². The Bertz CT molecular complexity index is 493. The van der Waals surface area contributed by atoms with Crippen LogP contribution in [-0.4, -0.2) is 27.4 Å². The normalized spacial score (nSPS) is 17.9. The van der Waals surface area contributed by atoms with E-state index in [4.69, 9.17) is 10.2 Å². The summed E-state index contributed by atoms with van der Waals surface area (Å²) in [7, 11) is 0. The third kappa shape index (κ3) is 1.81. The van der Waals surface area contributed by atoms with Gasteiger partial charge < -0.3 is 10.2 Å². The summed E-state index contributed by atoms with van der Waals surface area (Å²) in [5.74, 6) is -2.00. The molecule has 1 aliphatic heterocycles. The Morgan fingerprint density at radius 2 is 2.00 bits per heavy atom. The molecule has 1 aromatic rings. The molecule has 0 spiro atoms. The van der Waals surface area contributed by atoms with Crippen LogP contribution in [0.4, 0.5) is 0 Å². The molecule has 1 unspecified atom stereocenters. The highest BCUT2D eigenvalue weighted by molar-refractivity contribution is 8.01. The van der Waals surface area contributed by atoms with Gasteiger partial charge in [0.2, 0.25) is 0 Å². The zero-order valence-corrected chi connectivity index (χ0v) is 8.90. The van der Waals surface area contributed by atoms with Crippen molar-refractivity contribution in [2.45, 2.75) is 10.1 Å². The number of benzene rings is 1. The maximum absolute atomic E-state index is 11.0. The molecule has 0 fully saturated rings. The molecule has 0 saturated carbocycles. The fraction of sp³-hybridized carbons (Fsp3) is 0.0909. The Kier molecular flexibility index (Phi) is 2.70. The van der Waals surface area contributed by atoms with E-state index in [1.807, 2.05) is 0 Å². The molecule has 1 atom stereocenters. The molecule has 0 aliphatic carbocycles. The molecule has 1 aliphatic rings. The second-order valence-electron chi connectivity index (χ2n) is 3.26. The van der Waals surface area contributed by atoms with E-state index in [9.17, 15) is 9.59 Å². The summed E-state index contributed by atoms with van der Waals surface area (Å²) in [5, 5.41) is 17.1. The lowest BCUT2D eigenvalue weighted by atomic mass is 10.1. The lowest BCUT2D eigenvalue weighted by Crippen LogP contribution is -2.16. The quantitative estimate of drug-likeness (QED) is 0.821. The van der Waals surface area contributed by atoms with E-state index in [2.05, 4.69) is 0 Å². The summed E-state index contributed by atoms with van der Waals surface area (Å²) >= 11 is 1.05. The van der Waals surface area contributed by atoms with Crippen LogP contribution in [0.25, 0.3) is 6.08 Å². The molecule has 16 heavy (non-hydrogen) atoms. The summed E-state index contributed by atoms with van der Waals surface area (Å²) in [4.78, 5) is 22.3. The second-order valence-corrected chi connectivity index (χ2v) is 4.42. The zero-order valence-electron chi connectivity index (χ0n) is 8.08. The van der Waals surface area contributed by atoms with Gasteiger partial charge in [-0.1, -0.05) is 24.3 Å². The minimum Gasteiger partial charge on any atom is -0.480 e. The van der Waals surface area contributed by atoms with Crippen LogP contribution in [0.1, 0.15) is 15.9 Å². The Hall–Kier alpha value is -1.75. The van der Waals surface area contributed by atoms with Gasteiger partial charge in [0.1, 0.15) is 5.25 Å². The van der Waals surface area contributed by atoms with E-state index in [1.165, 1.54) is 6.07 Å². The third-order valence-corrected chi connectivity index (χ3v) is 3.52. The summed E-state index contributed by atoms with van der Waals surface area (Å²) in [5.41, 5.74) is 0.903. The van der Waals surface area contributed by atoms with Crippen molar-refractivity contribution in [1.82, 2.24) is 0 Å². The molecule has 82 valence electrons. The minimum atomic E-state index is -1.04. The van der Waals surface area contributed by atoms with Gasteiger partial charge in [-0.15, -0.1) is 11.8 Å². The van der Waals surface area contributed by atoms with E-state index in [0.29, 0.717) is 4.90 Å². The van der Waals surface area contributed by atoms with Gasteiger partial charge in [-0.3, -0.25) is 4.79 Å². The van der Waals surface area contributed by atoms with Crippen LogP contribution in [0.5, 0.6) is 0 Å². The predicted octanol–water partition coefficient (Wildman–Crippen LogP) is 1.96. The highest BCUT2D eigenvalue weighted by Gasteiger charge is 2.24. The van der Waals surface area contributed by atoms with Crippen molar-refractivity contribution in [2.24, 2.45) is 0 Å². The van der Waals surface area contributed by atoms with Crippen molar-refractivity contribution < 1.29 is 19.8 Å². The Labute approximate surface area is 95.6 Å². The van der Waals surface area contributed by atoms with Crippen LogP contribution in [0, 0.1) is 0 Å². The maximum atomic E-state index is 11.0. The number of aromatic carboxylic acids is 1. The number of rotatable bonds is 2. The molecule has 2 rings (SSSR count). The molecule has 1 aromatic carbocycles. The van der Waals surface area contributed by atoms with Gasteiger partial charge >= 0.3 is 11.9 Å². The van der Waals surface area contributed by atoms with Crippen LogP contribution >= 0.6 is 11.8 Å². The van der Waals surface area contributed by atoms with Gasteiger partial charge in [-0.25, -0.2) is 4.79 Å². The van der Waals surface area contributed by atoms with Gasteiger partial charge in [0, 0.05) is 4.90 Å². The molecule has 4 nitrogen and oxygen atoms in total. The summed E-state index contributed by atoms with van der Waals surface area (Å²) < 4.78 is 0. The molecule has 0 bridgehead atoms. The molecular formula is C11H8O4S. The predicted molar refractivity (Wildman–Crippen MR) is 59.7 cm³/mol. The maximum Gasteiger partial charge on any atom is 0.336 e. The Balaban J connectivity index is 2.48. The van der Waals surface area contributed by atoms with E-state index in [1.54, 1.807) is 24.3 Å².